The standard InChI is InChI=1S/C15H21NO/c1-15(2,3)9-11-16-10-8-12-6-4-5-7-13(12)14(16)17/h4-7H,8-11H2,1-3H3. The Labute approximate surface area is 104 Å². The zero-order valence-corrected chi connectivity index (χ0v) is 11.0. The van der Waals surface area contributed by atoms with Gasteiger partial charge in [0.05, 0.1) is 0 Å². The van der Waals surface area contributed by atoms with Crippen molar-refractivity contribution < 1.29 is 4.79 Å². The van der Waals surface area contributed by atoms with Crippen LogP contribution in [0.5, 0.6) is 0 Å². The molecular formula is C15H21NO. The van der Waals surface area contributed by atoms with Crippen LogP contribution in [0.3, 0.4) is 0 Å². The van der Waals surface area contributed by atoms with Gasteiger partial charge in [-0.25, -0.2) is 0 Å². The maximum Gasteiger partial charge on any atom is 0.254 e. The second-order valence-corrected chi connectivity index (χ2v) is 6.01. The summed E-state index contributed by atoms with van der Waals surface area (Å²) in [7, 11) is 0. The summed E-state index contributed by atoms with van der Waals surface area (Å²) >= 11 is 0. The summed E-state index contributed by atoms with van der Waals surface area (Å²) in [5.74, 6) is 0.205. The Kier molecular flexibility index (Phi) is 3.23. The Morgan fingerprint density at radius 2 is 1.94 bits per heavy atom. The molecular weight excluding hydrogens is 210 g/mol. The molecule has 1 heterocycles. The summed E-state index contributed by atoms with van der Waals surface area (Å²) in [5, 5.41) is 0. The molecule has 0 bridgehead atoms. The summed E-state index contributed by atoms with van der Waals surface area (Å²) in [4.78, 5) is 14.3. The third kappa shape index (κ3) is 2.87. The van der Waals surface area contributed by atoms with Crippen LogP contribution in [-0.2, 0) is 6.42 Å². The van der Waals surface area contributed by atoms with Gasteiger partial charge in [0, 0.05) is 18.7 Å². The van der Waals surface area contributed by atoms with Gasteiger partial charge in [-0.05, 0) is 29.9 Å². The third-order valence-corrected chi connectivity index (χ3v) is 3.32. The van der Waals surface area contributed by atoms with Crippen LogP contribution in [0.2, 0.25) is 0 Å². The molecule has 2 heteroatoms. The molecule has 0 saturated heterocycles. The molecule has 0 saturated carbocycles. The maximum absolute atomic E-state index is 12.3. The number of carbonyl (C=O) groups excluding carboxylic acids is 1. The number of hydrogen-bond acceptors (Lipinski definition) is 1. The number of carbonyl (C=O) groups is 1. The second kappa shape index (κ2) is 4.52. The molecule has 2 rings (SSSR count). The van der Waals surface area contributed by atoms with Gasteiger partial charge in [0.25, 0.3) is 5.91 Å². The van der Waals surface area contributed by atoms with Gasteiger partial charge in [-0.3, -0.25) is 4.79 Å². The van der Waals surface area contributed by atoms with Crippen LogP contribution in [0.25, 0.3) is 0 Å². The zero-order chi connectivity index (χ0) is 12.5. The van der Waals surface area contributed by atoms with E-state index < -0.39 is 0 Å². The minimum Gasteiger partial charge on any atom is -0.338 e. The van der Waals surface area contributed by atoms with Crippen molar-refractivity contribution in [2.24, 2.45) is 5.41 Å². The quantitative estimate of drug-likeness (QED) is 0.765. The van der Waals surface area contributed by atoms with E-state index in [1.807, 2.05) is 23.1 Å². The Hall–Kier alpha value is -1.31. The second-order valence-electron chi connectivity index (χ2n) is 6.01. The van der Waals surface area contributed by atoms with Crippen LogP contribution >= 0.6 is 0 Å². The summed E-state index contributed by atoms with van der Waals surface area (Å²) < 4.78 is 0. The highest BCUT2D eigenvalue weighted by atomic mass is 16.2. The van der Waals surface area contributed by atoms with E-state index in [1.54, 1.807) is 0 Å². The van der Waals surface area contributed by atoms with Gasteiger partial charge in [-0.2, -0.15) is 0 Å². The molecule has 0 N–H and O–H groups in total. The van der Waals surface area contributed by atoms with Crippen molar-refractivity contribution >= 4 is 5.91 Å². The fraction of sp³-hybridized carbons (Fsp3) is 0.533. The highest BCUT2D eigenvalue weighted by Crippen LogP contribution is 2.23. The molecule has 0 unspecified atom stereocenters. The summed E-state index contributed by atoms with van der Waals surface area (Å²) in [6, 6.07) is 7.97. The van der Waals surface area contributed by atoms with Gasteiger partial charge in [0.2, 0.25) is 0 Å². The molecule has 1 aromatic rings. The lowest BCUT2D eigenvalue weighted by Crippen LogP contribution is -2.39. The molecule has 17 heavy (non-hydrogen) atoms. The fourth-order valence-electron chi connectivity index (χ4n) is 2.16. The van der Waals surface area contributed by atoms with Gasteiger partial charge >= 0.3 is 0 Å². The first-order chi connectivity index (χ1) is 7.97. The van der Waals surface area contributed by atoms with Crippen LogP contribution in [0.1, 0.15) is 43.1 Å². The van der Waals surface area contributed by atoms with Crippen LogP contribution in [-0.4, -0.2) is 23.9 Å². The highest BCUT2D eigenvalue weighted by Gasteiger charge is 2.24. The van der Waals surface area contributed by atoms with E-state index in [0.717, 1.165) is 31.5 Å². The lowest BCUT2D eigenvalue weighted by atomic mass is 9.91. The lowest BCUT2D eigenvalue weighted by Gasteiger charge is -2.31. The molecule has 1 aliphatic rings. The van der Waals surface area contributed by atoms with Gasteiger partial charge in [-0.15, -0.1) is 0 Å². The molecule has 0 atom stereocenters. The van der Waals surface area contributed by atoms with Crippen LogP contribution < -0.4 is 0 Å². The molecule has 0 aromatic heterocycles. The van der Waals surface area contributed by atoms with Crippen LogP contribution in [0, 0.1) is 5.41 Å². The third-order valence-electron chi connectivity index (χ3n) is 3.32. The van der Waals surface area contributed by atoms with E-state index in [2.05, 4.69) is 26.8 Å². The van der Waals surface area contributed by atoms with E-state index in [-0.39, 0.29) is 11.3 Å². The minimum atomic E-state index is 0.205. The Morgan fingerprint density at radius 1 is 1.24 bits per heavy atom. The minimum absolute atomic E-state index is 0.205. The number of amides is 1. The first-order valence-corrected chi connectivity index (χ1v) is 6.34. The molecule has 2 nitrogen and oxygen atoms in total. The molecule has 1 aromatic carbocycles. The molecule has 1 aliphatic heterocycles. The Balaban J connectivity index is 2.07. The molecule has 1 amide bonds. The van der Waals surface area contributed by atoms with Crippen molar-refractivity contribution in [1.82, 2.24) is 4.90 Å². The maximum atomic E-state index is 12.3. The fourth-order valence-corrected chi connectivity index (χ4v) is 2.16. The summed E-state index contributed by atoms with van der Waals surface area (Å²) in [6.45, 7) is 8.39. The molecule has 0 radical (unpaired) electrons. The summed E-state index contributed by atoms with van der Waals surface area (Å²) in [6.07, 6.45) is 2.05. The average molecular weight is 231 g/mol. The predicted molar refractivity (Wildman–Crippen MR) is 70.1 cm³/mol. The van der Waals surface area contributed by atoms with Gasteiger partial charge in [0.15, 0.2) is 0 Å². The topological polar surface area (TPSA) is 20.3 Å². The van der Waals surface area contributed by atoms with Crippen molar-refractivity contribution in [1.29, 1.82) is 0 Å². The molecule has 0 spiro atoms. The van der Waals surface area contributed by atoms with Gasteiger partial charge < -0.3 is 4.90 Å². The van der Waals surface area contributed by atoms with Crippen molar-refractivity contribution in [3.63, 3.8) is 0 Å². The smallest absolute Gasteiger partial charge is 0.254 e. The first-order valence-electron chi connectivity index (χ1n) is 6.34. The van der Waals surface area contributed by atoms with E-state index in [9.17, 15) is 4.79 Å². The van der Waals surface area contributed by atoms with Crippen molar-refractivity contribution in [2.45, 2.75) is 33.6 Å². The number of hydrogen-bond donors (Lipinski definition) is 0. The van der Waals surface area contributed by atoms with Gasteiger partial charge in [0.1, 0.15) is 0 Å². The molecule has 0 aliphatic carbocycles. The van der Waals surface area contributed by atoms with Crippen LogP contribution in [0.15, 0.2) is 24.3 Å². The number of fused-ring (bicyclic) bond motifs is 1. The molecule has 92 valence electrons. The summed E-state index contributed by atoms with van der Waals surface area (Å²) in [5.41, 5.74) is 2.38. The van der Waals surface area contributed by atoms with Gasteiger partial charge in [-0.1, -0.05) is 39.0 Å². The SMILES string of the molecule is CC(C)(C)CCN1CCc2ccccc2C1=O. The van der Waals surface area contributed by atoms with E-state index in [0.29, 0.717) is 0 Å². The van der Waals surface area contributed by atoms with Crippen LogP contribution in [0.4, 0.5) is 0 Å². The number of benzene rings is 1. The number of rotatable bonds is 2. The Morgan fingerprint density at radius 3 is 2.65 bits per heavy atom. The normalized spacial score (nSPS) is 15.9. The van der Waals surface area contributed by atoms with Crippen molar-refractivity contribution in [2.75, 3.05) is 13.1 Å². The average Bonchev–Trinajstić information content (AvgIpc) is 2.27. The Bertz CT molecular complexity index is 417. The molecule has 0 fully saturated rings. The largest absolute Gasteiger partial charge is 0.338 e. The van der Waals surface area contributed by atoms with E-state index in [4.69, 9.17) is 0 Å². The van der Waals surface area contributed by atoms with Crippen molar-refractivity contribution in [3.05, 3.63) is 35.4 Å². The zero-order valence-electron chi connectivity index (χ0n) is 11.0. The number of nitrogens with zero attached hydrogens (tertiary/aromatic N) is 1. The van der Waals surface area contributed by atoms with Crippen molar-refractivity contribution in [3.8, 4) is 0 Å². The lowest BCUT2D eigenvalue weighted by molar-refractivity contribution is 0.0721. The predicted octanol–water partition coefficient (Wildman–Crippen LogP) is 3.12. The highest BCUT2D eigenvalue weighted by molar-refractivity contribution is 5.96. The van der Waals surface area contributed by atoms with E-state index >= 15 is 0 Å². The van der Waals surface area contributed by atoms with E-state index in [1.165, 1.54) is 5.56 Å². The monoisotopic (exact) mass is 231 g/mol. The first kappa shape index (κ1) is 12.2.